The summed E-state index contributed by atoms with van der Waals surface area (Å²) >= 11 is 0. The molecular formula is C19H24N4O. The minimum Gasteiger partial charge on any atom is -0.332 e. The lowest BCUT2D eigenvalue weighted by Crippen LogP contribution is -2.41. The molecule has 5 nitrogen and oxygen atoms in total. The number of rotatable bonds is 3. The number of carbonyl (C=O) groups excluding carboxylic acids is 1. The molecule has 5 heteroatoms. The lowest BCUT2D eigenvalue weighted by molar-refractivity contribution is 0.233. The topological polar surface area (TPSA) is 66.9 Å². The molecule has 1 aromatic heterocycles. The van der Waals surface area contributed by atoms with Crippen molar-refractivity contribution in [3.8, 4) is 0 Å². The van der Waals surface area contributed by atoms with Crippen molar-refractivity contribution in [1.29, 1.82) is 0 Å². The number of benzene rings is 1. The minimum atomic E-state index is -0.161. The maximum Gasteiger partial charge on any atom is 0.315 e. The fraction of sp³-hybridized carbons (Fsp3) is 0.421. The predicted octanol–water partition coefficient (Wildman–Crippen LogP) is 3.40. The second-order valence-electron chi connectivity index (χ2n) is 6.98. The summed E-state index contributed by atoms with van der Waals surface area (Å²) in [6, 6.07) is 10.1. The summed E-state index contributed by atoms with van der Waals surface area (Å²) in [5, 5.41) is 5.99. The quantitative estimate of drug-likeness (QED) is 0.909. The Morgan fingerprint density at radius 3 is 2.88 bits per heavy atom. The standard InChI is InChI=1S/C19H24N4O/c1-13-20-11-9-14(22-13)12-21-18(24)23-17-8-10-19(2,3)16-7-5-4-6-15(16)17/h4-7,9,11,17H,8,10,12H2,1-3H3,(H2,21,23,24)/t17-/m1/s1. The molecule has 0 saturated carbocycles. The third-order valence-electron chi connectivity index (χ3n) is 4.69. The number of aromatic nitrogens is 2. The van der Waals surface area contributed by atoms with Gasteiger partial charge in [-0.2, -0.15) is 0 Å². The van der Waals surface area contributed by atoms with E-state index in [1.807, 2.05) is 19.1 Å². The minimum absolute atomic E-state index is 0.0568. The summed E-state index contributed by atoms with van der Waals surface area (Å²) in [4.78, 5) is 20.6. The molecule has 1 aliphatic carbocycles. The van der Waals surface area contributed by atoms with Gasteiger partial charge in [-0.15, -0.1) is 0 Å². The molecule has 1 atom stereocenters. The molecule has 2 amide bonds. The van der Waals surface area contributed by atoms with Crippen molar-refractivity contribution in [2.75, 3.05) is 0 Å². The van der Waals surface area contributed by atoms with Crippen molar-refractivity contribution < 1.29 is 4.79 Å². The summed E-state index contributed by atoms with van der Waals surface area (Å²) in [5.74, 6) is 0.707. The molecule has 1 aromatic carbocycles. The highest BCUT2D eigenvalue weighted by Gasteiger charge is 2.32. The molecule has 0 fully saturated rings. The molecule has 24 heavy (non-hydrogen) atoms. The van der Waals surface area contributed by atoms with E-state index in [9.17, 15) is 4.79 Å². The van der Waals surface area contributed by atoms with Crippen molar-refractivity contribution in [2.45, 2.75) is 51.6 Å². The van der Waals surface area contributed by atoms with Crippen molar-refractivity contribution in [3.63, 3.8) is 0 Å². The van der Waals surface area contributed by atoms with Crippen LogP contribution in [-0.4, -0.2) is 16.0 Å². The van der Waals surface area contributed by atoms with Gasteiger partial charge in [-0.3, -0.25) is 0 Å². The van der Waals surface area contributed by atoms with Crippen LogP contribution in [-0.2, 0) is 12.0 Å². The first-order valence-corrected chi connectivity index (χ1v) is 8.38. The Hall–Kier alpha value is -2.43. The molecule has 0 radical (unpaired) electrons. The third-order valence-corrected chi connectivity index (χ3v) is 4.69. The number of urea groups is 1. The largest absolute Gasteiger partial charge is 0.332 e. The van der Waals surface area contributed by atoms with Crippen LogP contribution in [0.5, 0.6) is 0 Å². The van der Waals surface area contributed by atoms with Gasteiger partial charge in [0.2, 0.25) is 0 Å². The van der Waals surface area contributed by atoms with Crippen LogP contribution in [0.3, 0.4) is 0 Å². The average Bonchev–Trinajstić information content (AvgIpc) is 2.56. The summed E-state index contributed by atoms with van der Waals surface area (Å²) < 4.78 is 0. The van der Waals surface area contributed by atoms with E-state index in [1.54, 1.807) is 6.20 Å². The van der Waals surface area contributed by atoms with Crippen LogP contribution in [0, 0.1) is 6.92 Å². The maximum absolute atomic E-state index is 12.3. The third kappa shape index (κ3) is 3.55. The van der Waals surface area contributed by atoms with Crippen LogP contribution in [0.15, 0.2) is 36.5 Å². The number of hydrogen-bond donors (Lipinski definition) is 2. The Morgan fingerprint density at radius 2 is 2.08 bits per heavy atom. The summed E-state index contributed by atoms with van der Waals surface area (Å²) in [6.45, 7) is 6.76. The van der Waals surface area contributed by atoms with Gasteiger partial charge in [0.05, 0.1) is 18.3 Å². The highest BCUT2D eigenvalue weighted by atomic mass is 16.2. The fourth-order valence-corrected chi connectivity index (χ4v) is 3.35. The van der Waals surface area contributed by atoms with E-state index in [0.29, 0.717) is 12.4 Å². The van der Waals surface area contributed by atoms with Gasteiger partial charge in [-0.25, -0.2) is 14.8 Å². The summed E-state index contributed by atoms with van der Waals surface area (Å²) in [5.41, 5.74) is 3.52. The van der Waals surface area contributed by atoms with Gasteiger partial charge in [0.15, 0.2) is 0 Å². The van der Waals surface area contributed by atoms with Gasteiger partial charge >= 0.3 is 6.03 Å². The first kappa shape index (κ1) is 16.4. The monoisotopic (exact) mass is 324 g/mol. The second-order valence-corrected chi connectivity index (χ2v) is 6.98. The number of nitrogens with zero attached hydrogens (tertiary/aromatic N) is 2. The van der Waals surface area contributed by atoms with Crippen LogP contribution in [0.4, 0.5) is 4.79 Å². The number of fused-ring (bicyclic) bond motifs is 1. The molecule has 0 spiro atoms. The Morgan fingerprint density at radius 1 is 1.29 bits per heavy atom. The number of aryl methyl sites for hydroxylation is 1. The second kappa shape index (κ2) is 6.59. The van der Waals surface area contributed by atoms with Crippen LogP contribution in [0.25, 0.3) is 0 Å². The number of hydrogen-bond acceptors (Lipinski definition) is 3. The molecule has 3 rings (SSSR count). The molecule has 2 N–H and O–H groups in total. The van der Waals surface area contributed by atoms with E-state index in [0.717, 1.165) is 18.5 Å². The average molecular weight is 324 g/mol. The number of carbonyl (C=O) groups is 1. The van der Waals surface area contributed by atoms with Gasteiger partial charge in [-0.1, -0.05) is 38.1 Å². The SMILES string of the molecule is Cc1nccc(CNC(=O)N[C@@H]2CCC(C)(C)c3ccccc32)n1. The van der Waals surface area contributed by atoms with Crippen LogP contribution in [0.2, 0.25) is 0 Å². The number of nitrogens with one attached hydrogen (secondary N) is 2. The summed E-state index contributed by atoms with van der Waals surface area (Å²) in [7, 11) is 0. The lowest BCUT2D eigenvalue weighted by atomic mass is 9.71. The lowest BCUT2D eigenvalue weighted by Gasteiger charge is -2.37. The molecule has 0 aliphatic heterocycles. The Balaban J connectivity index is 1.65. The molecule has 1 aliphatic rings. The first-order chi connectivity index (χ1) is 11.5. The summed E-state index contributed by atoms with van der Waals surface area (Å²) in [6.07, 6.45) is 3.71. The van der Waals surface area contributed by atoms with Crippen molar-refractivity contribution in [1.82, 2.24) is 20.6 Å². The van der Waals surface area contributed by atoms with Crippen LogP contribution < -0.4 is 10.6 Å². The first-order valence-electron chi connectivity index (χ1n) is 8.38. The predicted molar refractivity (Wildman–Crippen MR) is 93.6 cm³/mol. The molecule has 0 bridgehead atoms. The molecule has 2 aromatic rings. The van der Waals surface area contributed by atoms with Crippen molar-refractivity contribution >= 4 is 6.03 Å². The van der Waals surface area contributed by atoms with E-state index >= 15 is 0 Å². The highest BCUT2D eigenvalue weighted by Crippen LogP contribution is 2.41. The van der Waals surface area contributed by atoms with Gasteiger partial charge in [0, 0.05) is 6.20 Å². The molecular weight excluding hydrogens is 300 g/mol. The van der Waals surface area contributed by atoms with E-state index in [2.05, 4.69) is 52.6 Å². The van der Waals surface area contributed by atoms with Gasteiger partial charge in [0.25, 0.3) is 0 Å². The Labute approximate surface area is 142 Å². The highest BCUT2D eigenvalue weighted by molar-refractivity contribution is 5.74. The van der Waals surface area contributed by atoms with Gasteiger partial charge < -0.3 is 10.6 Å². The molecule has 0 unspecified atom stereocenters. The fourth-order valence-electron chi connectivity index (χ4n) is 3.35. The smallest absolute Gasteiger partial charge is 0.315 e. The van der Waals surface area contributed by atoms with Crippen molar-refractivity contribution in [3.05, 3.63) is 59.2 Å². The number of amides is 2. The van der Waals surface area contributed by atoms with Crippen LogP contribution in [0.1, 0.15) is 55.4 Å². The normalized spacial score (nSPS) is 18.5. The van der Waals surface area contributed by atoms with E-state index in [1.165, 1.54) is 11.1 Å². The zero-order valence-electron chi connectivity index (χ0n) is 14.5. The van der Waals surface area contributed by atoms with E-state index in [-0.39, 0.29) is 17.5 Å². The van der Waals surface area contributed by atoms with Gasteiger partial charge in [-0.05, 0) is 42.4 Å². The van der Waals surface area contributed by atoms with Crippen LogP contribution >= 0.6 is 0 Å². The zero-order chi connectivity index (χ0) is 17.2. The van der Waals surface area contributed by atoms with Crippen molar-refractivity contribution in [2.24, 2.45) is 0 Å². The van der Waals surface area contributed by atoms with E-state index in [4.69, 9.17) is 0 Å². The molecule has 126 valence electrons. The van der Waals surface area contributed by atoms with Gasteiger partial charge in [0.1, 0.15) is 5.82 Å². The maximum atomic E-state index is 12.3. The Kier molecular flexibility index (Phi) is 4.51. The zero-order valence-corrected chi connectivity index (χ0v) is 14.5. The molecule has 0 saturated heterocycles. The Bertz CT molecular complexity index is 742. The molecule has 1 heterocycles. The van der Waals surface area contributed by atoms with E-state index < -0.39 is 0 Å².